The predicted octanol–water partition coefficient (Wildman–Crippen LogP) is 4.67. The van der Waals surface area contributed by atoms with Gasteiger partial charge < -0.3 is 0 Å². The number of allylic oxidation sites excluding steroid dienone is 1. The Morgan fingerprint density at radius 2 is 1.74 bits per heavy atom. The summed E-state index contributed by atoms with van der Waals surface area (Å²) in [7, 11) is -1.52. The van der Waals surface area contributed by atoms with Crippen LogP contribution in [0.15, 0.2) is 42.1 Å². The molecule has 0 unspecified atom stereocenters. The highest BCUT2D eigenvalue weighted by atomic mass is 28.3. The van der Waals surface area contributed by atoms with Crippen molar-refractivity contribution < 1.29 is 0 Å². The van der Waals surface area contributed by atoms with Gasteiger partial charge in [0.15, 0.2) is 0 Å². The molecule has 0 nitrogen and oxygen atoms in total. The first-order chi connectivity index (χ1) is 9.09. The van der Waals surface area contributed by atoms with E-state index in [0.29, 0.717) is 0 Å². The number of unbranched alkanes of at least 4 members (excludes halogenated alkanes) is 2. The third kappa shape index (κ3) is 5.08. The highest BCUT2D eigenvalue weighted by Gasteiger charge is 2.25. The minimum absolute atomic E-state index is 0.964. The number of benzene rings is 1. The Morgan fingerprint density at radius 3 is 2.37 bits per heavy atom. The number of hydrogen-bond acceptors (Lipinski definition) is 0. The van der Waals surface area contributed by atoms with Crippen molar-refractivity contribution in [3.8, 4) is 11.8 Å². The van der Waals surface area contributed by atoms with Gasteiger partial charge in [-0.3, -0.25) is 0 Å². The molecular formula is C18H26Si. The summed E-state index contributed by atoms with van der Waals surface area (Å²) in [6, 6.07) is 10.8. The topological polar surface area (TPSA) is 0 Å². The quantitative estimate of drug-likeness (QED) is 0.400. The molecule has 0 saturated heterocycles. The fourth-order valence-corrected chi connectivity index (χ4v) is 4.21. The van der Waals surface area contributed by atoms with E-state index in [1.807, 2.05) is 0 Å². The normalized spacial score (nSPS) is 10.7. The third-order valence-corrected chi connectivity index (χ3v) is 7.51. The second kappa shape index (κ2) is 8.02. The predicted molar refractivity (Wildman–Crippen MR) is 89.2 cm³/mol. The molecule has 0 radical (unpaired) electrons. The van der Waals surface area contributed by atoms with Gasteiger partial charge in [-0.15, -0.1) is 18.4 Å². The van der Waals surface area contributed by atoms with Crippen LogP contribution in [-0.4, -0.2) is 8.07 Å². The molecule has 0 aliphatic rings. The first kappa shape index (κ1) is 15.8. The van der Waals surface area contributed by atoms with Crippen LogP contribution in [0.5, 0.6) is 0 Å². The van der Waals surface area contributed by atoms with Crippen molar-refractivity contribution >= 4 is 13.3 Å². The fraction of sp³-hybridized carbons (Fsp3) is 0.444. The van der Waals surface area contributed by atoms with E-state index in [4.69, 9.17) is 0 Å². The van der Waals surface area contributed by atoms with E-state index in [-0.39, 0.29) is 0 Å². The molecular weight excluding hydrogens is 244 g/mol. The molecule has 0 aliphatic carbocycles. The van der Waals surface area contributed by atoms with Gasteiger partial charge in [0, 0.05) is 12.8 Å². The van der Waals surface area contributed by atoms with E-state index < -0.39 is 8.07 Å². The Morgan fingerprint density at radius 1 is 1.11 bits per heavy atom. The van der Waals surface area contributed by atoms with Gasteiger partial charge in [0.2, 0.25) is 0 Å². The van der Waals surface area contributed by atoms with Crippen molar-refractivity contribution in [3.05, 3.63) is 42.1 Å². The second-order valence-electron chi connectivity index (χ2n) is 5.55. The van der Waals surface area contributed by atoms with Crippen LogP contribution in [0.1, 0.15) is 39.0 Å². The first-order valence-corrected chi connectivity index (χ1v) is 10.3. The SMILES string of the molecule is C=C(CCC#CCCCC)[Si](C)(C)c1ccccc1. The zero-order valence-corrected chi connectivity index (χ0v) is 13.6. The van der Waals surface area contributed by atoms with Crippen LogP contribution in [-0.2, 0) is 0 Å². The van der Waals surface area contributed by atoms with E-state index in [1.165, 1.54) is 23.2 Å². The summed E-state index contributed by atoms with van der Waals surface area (Å²) < 4.78 is 0. The highest BCUT2D eigenvalue weighted by molar-refractivity contribution is 6.95. The van der Waals surface area contributed by atoms with Crippen LogP contribution < -0.4 is 5.19 Å². The summed E-state index contributed by atoms with van der Waals surface area (Å²) in [6.07, 6.45) is 5.51. The number of hydrogen-bond donors (Lipinski definition) is 0. The van der Waals surface area contributed by atoms with Gasteiger partial charge in [-0.2, -0.15) is 0 Å². The minimum atomic E-state index is -1.52. The van der Waals surface area contributed by atoms with Gasteiger partial charge in [-0.25, -0.2) is 0 Å². The van der Waals surface area contributed by atoms with Gasteiger partial charge in [0.25, 0.3) is 0 Å². The monoisotopic (exact) mass is 270 g/mol. The molecule has 0 bridgehead atoms. The van der Waals surface area contributed by atoms with Crippen molar-refractivity contribution in [1.82, 2.24) is 0 Å². The summed E-state index contributed by atoms with van der Waals surface area (Å²) in [5.74, 6) is 6.54. The molecule has 0 amide bonds. The second-order valence-corrected chi connectivity index (χ2v) is 10.1. The molecule has 19 heavy (non-hydrogen) atoms. The van der Waals surface area contributed by atoms with Crippen LogP contribution in [0.2, 0.25) is 13.1 Å². The molecule has 0 aromatic heterocycles. The number of rotatable bonds is 6. The zero-order chi connectivity index (χ0) is 14.1. The third-order valence-electron chi connectivity index (χ3n) is 3.71. The molecule has 1 aromatic carbocycles. The van der Waals surface area contributed by atoms with E-state index in [2.05, 4.69) is 68.8 Å². The molecule has 0 spiro atoms. The van der Waals surface area contributed by atoms with Crippen molar-refractivity contribution in [3.63, 3.8) is 0 Å². The standard InChI is InChI=1S/C18H26Si/c1-5-6-7-8-9-11-14-17(2)19(3,4)18-15-12-10-13-16-18/h10,12-13,15-16H,2,5-7,11,14H2,1,3-4H3. The maximum Gasteiger partial charge on any atom is 0.106 e. The Bertz CT molecular complexity index is 446. The van der Waals surface area contributed by atoms with Crippen LogP contribution >= 0.6 is 0 Å². The molecule has 102 valence electrons. The molecule has 0 aliphatic heterocycles. The van der Waals surface area contributed by atoms with E-state index in [9.17, 15) is 0 Å². The Hall–Kier alpha value is -1.26. The highest BCUT2D eigenvalue weighted by Crippen LogP contribution is 2.17. The van der Waals surface area contributed by atoms with Gasteiger partial charge in [-0.1, -0.05) is 67.2 Å². The molecule has 0 N–H and O–H groups in total. The smallest absolute Gasteiger partial charge is 0.103 e. The Labute approximate surface area is 120 Å². The largest absolute Gasteiger partial charge is 0.106 e. The fourth-order valence-electron chi connectivity index (χ4n) is 2.03. The summed E-state index contributed by atoms with van der Waals surface area (Å²) in [6.45, 7) is 11.3. The van der Waals surface area contributed by atoms with Crippen molar-refractivity contribution in [1.29, 1.82) is 0 Å². The van der Waals surface area contributed by atoms with Gasteiger partial charge in [0.1, 0.15) is 8.07 Å². The molecule has 1 rings (SSSR count). The molecule has 0 heterocycles. The summed E-state index contributed by atoms with van der Waals surface area (Å²) in [5.41, 5.74) is 0. The summed E-state index contributed by atoms with van der Waals surface area (Å²) in [5, 5.41) is 2.88. The molecule has 1 heteroatoms. The average molecular weight is 270 g/mol. The molecule has 1 aromatic rings. The van der Waals surface area contributed by atoms with Crippen molar-refractivity contribution in [2.75, 3.05) is 0 Å². The van der Waals surface area contributed by atoms with Crippen LogP contribution in [0, 0.1) is 11.8 Å². The lowest BCUT2D eigenvalue weighted by Gasteiger charge is -2.25. The Kier molecular flexibility index (Phi) is 6.66. The molecule has 0 fully saturated rings. The van der Waals surface area contributed by atoms with Gasteiger partial charge in [0.05, 0.1) is 0 Å². The zero-order valence-electron chi connectivity index (χ0n) is 12.6. The minimum Gasteiger partial charge on any atom is -0.103 e. The van der Waals surface area contributed by atoms with Gasteiger partial charge >= 0.3 is 0 Å². The van der Waals surface area contributed by atoms with E-state index >= 15 is 0 Å². The first-order valence-electron chi connectivity index (χ1n) is 7.28. The van der Waals surface area contributed by atoms with Crippen molar-refractivity contribution in [2.24, 2.45) is 0 Å². The Balaban J connectivity index is 2.50. The van der Waals surface area contributed by atoms with Gasteiger partial charge in [-0.05, 0) is 12.8 Å². The van der Waals surface area contributed by atoms with Crippen LogP contribution in [0.25, 0.3) is 0 Å². The van der Waals surface area contributed by atoms with Crippen molar-refractivity contribution in [2.45, 2.75) is 52.1 Å². The van der Waals surface area contributed by atoms with E-state index in [1.54, 1.807) is 0 Å². The van der Waals surface area contributed by atoms with E-state index in [0.717, 1.165) is 19.3 Å². The maximum absolute atomic E-state index is 4.33. The molecule has 0 atom stereocenters. The lowest BCUT2D eigenvalue weighted by molar-refractivity contribution is 0.827. The summed E-state index contributed by atoms with van der Waals surface area (Å²) >= 11 is 0. The van der Waals surface area contributed by atoms with Crippen LogP contribution in [0.4, 0.5) is 0 Å². The molecule has 0 saturated carbocycles. The van der Waals surface area contributed by atoms with Crippen LogP contribution in [0.3, 0.4) is 0 Å². The summed E-state index contributed by atoms with van der Waals surface area (Å²) in [4.78, 5) is 0. The lowest BCUT2D eigenvalue weighted by Crippen LogP contribution is -2.43. The average Bonchev–Trinajstić information content (AvgIpc) is 2.43. The lowest BCUT2D eigenvalue weighted by atomic mass is 10.2. The maximum atomic E-state index is 4.33.